The summed E-state index contributed by atoms with van der Waals surface area (Å²) in [5.74, 6) is -0.00787. The van der Waals surface area contributed by atoms with Crippen LogP contribution < -0.4 is 11.1 Å². The highest BCUT2D eigenvalue weighted by molar-refractivity contribution is 7.14. The van der Waals surface area contributed by atoms with Gasteiger partial charge in [0.1, 0.15) is 0 Å². The maximum atomic E-state index is 12.0. The molecule has 0 aromatic carbocycles. The van der Waals surface area contributed by atoms with Gasteiger partial charge < -0.3 is 16.0 Å². The summed E-state index contributed by atoms with van der Waals surface area (Å²) in [7, 11) is 0. The fourth-order valence-electron chi connectivity index (χ4n) is 2.30. The summed E-state index contributed by atoms with van der Waals surface area (Å²) in [4.78, 5) is 16.1. The second kappa shape index (κ2) is 5.71. The van der Waals surface area contributed by atoms with E-state index in [0.717, 1.165) is 24.5 Å². The van der Waals surface area contributed by atoms with Crippen molar-refractivity contribution in [2.75, 3.05) is 25.4 Å². The third-order valence-electron chi connectivity index (χ3n) is 3.29. The summed E-state index contributed by atoms with van der Waals surface area (Å²) >= 11 is 1.46. The van der Waals surface area contributed by atoms with E-state index < -0.39 is 0 Å². The zero-order chi connectivity index (χ0) is 13.1. The number of hydrogen-bond donors (Lipinski definition) is 2. The van der Waals surface area contributed by atoms with Gasteiger partial charge in [-0.05, 0) is 45.8 Å². The van der Waals surface area contributed by atoms with E-state index >= 15 is 0 Å². The predicted octanol–water partition coefficient (Wildman–Crippen LogP) is 1.85. The number of nitrogens with one attached hydrogen (secondary N) is 1. The topological polar surface area (TPSA) is 58.4 Å². The summed E-state index contributed by atoms with van der Waals surface area (Å²) in [6.07, 6.45) is 2.56. The fourth-order valence-corrected chi connectivity index (χ4v) is 3.15. The first kappa shape index (κ1) is 13.4. The molecule has 1 amide bonds. The second-order valence-electron chi connectivity index (χ2n) is 5.00. The lowest BCUT2D eigenvalue weighted by Gasteiger charge is -2.20. The lowest BCUT2D eigenvalue weighted by atomic mass is 10.3. The number of carbonyl (C=O) groups excluding carboxylic acids is 1. The molecule has 3 N–H and O–H groups in total. The van der Waals surface area contributed by atoms with Crippen molar-refractivity contribution < 1.29 is 4.79 Å². The summed E-state index contributed by atoms with van der Waals surface area (Å²) in [5.41, 5.74) is 6.47. The van der Waals surface area contributed by atoms with Gasteiger partial charge in [0.05, 0.1) is 4.88 Å². The van der Waals surface area contributed by atoms with Gasteiger partial charge in [0.15, 0.2) is 0 Å². The average molecular weight is 267 g/mol. The van der Waals surface area contributed by atoms with Gasteiger partial charge in [-0.3, -0.25) is 4.79 Å². The Morgan fingerprint density at radius 2 is 2.22 bits per heavy atom. The van der Waals surface area contributed by atoms with Crippen molar-refractivity contribution in [2.24, 2.45) is 0 Å². The molecule has 1 aliphatic heterocycles. The first-order chi connectivity index (χ1) is 8.56. The average Bonchev–Trinajstić information content (AvgIpc) is 2.90. The van der Waals surface area contributed by atoms with Crippen LogP contribution in [-0.2, 0) is 0 Å². The van der Waals surface area contributed by atoms with Crippen LogP contribution >= 0.6 is 11.3 Å². The number of hydrogen-bond acceptors (Lipinski definition) is 4. The highest BCUT2D eigenvalue weighted by Gasteiger charge is 2.17. The monoisotopic (exact) mass is 267 g/mol. The van der Waals surface area contributed by atoms with E-state index in [4.69, 9.17) is 5.73 Å². The molecule has 1 aromatic heterocycles. The minimum atomic E-state index is -0.00787. The number of nitrogens with two attached hydrogens (primary N) is 1. The first-order valence-electron chi connectivity index (χ1n) is 6.45. The number of likely N-dealkylation sites (tertiary alicyclic amines) is 1. The Balaban J connectivity index is 1.86. The molecule has 0 bridgehead atoms. The van der Waals surface area contributed by atoms with Crippen LogP contribution in [-0.4, -0.2) is 36.5 Å². The van der Waals surface area contributed by atoms with Crippen LogP contribution in [0, 0.1) is 6.92 Å². The molecule has 0 radical (unpaired) electrons. The van der Waals surface area contributed by atoms with E-state index in [1.54, 1.807) is 6.07 Å². The highest BCUT2D eigenvalue weighted by Crippen LogP contribution is 2.23. The predicted molar refractivity (Wildman–Crippen MR) is 76.1 cm³/mol. The number of amides is 1. The van der Waals surface area contributed by atoms with Crippen molar-refractivity contribution in [1.82, 2.24) is 10.2 Å². The molecule has 2 heterocycles. The number of aryl methyl sites for hydroxylation is 1. The smallest absolute Gasteiger partial charge is 0.261 e. The van der Waals surface area contributed by atoms with Gasteiger partial charge in [0, 0.05) is 23.2 Å². The minimum absolute atomic E-state index is 0.00787. The molecule has 1 aliphatic rings. The van der Waals surface area contributed by atoms with Crippen LogP contribution in [0.3, 0.4) is 0 Å². The maximum Gasteiger partial charge on any atom is 0.261 e. The zero-order valence-electron chi connectivity index (χ0n) is 11.0. The van der Waals surface area contributed by atoms with Crippen LogP contribution in [0.2, 0.25) is 0 Å². The van der Waals surface area contributed by atoms with Crippen molar-refractivity contribution in [3.63, 3.8) is 0 Å². The van der Waals surface area contributed by atoms with Crippen LogP contribution in [0.5, 0.6) is 0 Å². The summed E-state index contributed by atoms with van der Waals surface area (Å²) in [6, 6.07) is 1.94. The van der Waals surface area contributed by atoms with E-state index in [0.29, 0.717) is 10.6 Å². The van der Waals surface area contributed by atoms with Gasteiger partial charge in [-0.1, -0.05) is 0 Å². The lowest BCUT2D eigenvalue weighted by molar-refractivity contribution is 0.0936. The first-order valence-corrected chi connectivity index (χ1v) is 7.27. The van der Waals surface area contributed by atoms with Crippen molar-refractivity contribution in [1.29, 1.82) is 0 Å². The van der Waals surface area contributed by atoms with Crippen molar-refractivity contribution >= 4 is 22.9 Å². The second-order valence-corrected chi connectivity index (χ2v) is 6.26. The van der Waals surface area contributed by atoms with Crippen LogP contribution in [0.15, 0.2) is 6.07 Å². The standard InChI is InChI=1S/C13H21N3OS/c1-9(8-16-5-3-4-6-16)15-13(17)12-7-11(14)10(2)18-12/h7,9H,3-6,8,14H2,1-2H3,(H,15,17). The summed E-state index contributed by atoms with van der Waals surface area (Å²) in [6.45, 7) is 7.24. The van der Waals surface area contributed by atoms with Gasteiger partial charge in [0.25, 0.3) is 5.91 Å². The molecule has 0 spiro atoms. The largest absolute Gasteiger partial charge is 0.398 e. The molecule has 1 atom stereocenters. The van der Waals surface area contributed by atoms with E-state index in [2.05, 4.69) is 17.1 Å². The van der Waals surface area contributed by atoms with E-state index in [-0.39, 0.29) is 11.9 Å². The molecule has 2 rings (SSSR count). The Morgan fingerprint density at radius 1 is 1.56 bits per heavy atom. The Bertz CT molecular complexity index is 404. The van der Waals surface area contributed by atoms with Crippen molar-refractivity contribution in [3.05, 3.63) is 15.8 Å². The molecule has 1 aromatic rings. The van der Waals surface area contributed by atoms with E-state index in [9.17, 15) is 4.79 Å². The number of anilines is 1. The van der Waals surface area contributed by atoms with Crippen LogP contribution in [0.25, 0.3) is 0 Å². The van der Waals surface area contributed by atoms with Gasteiger partial charge in [-0.15, -0.1) is 11.3 Å². The molecule has 4 nitrogen and oxygen atoms in total. The number of thiophene rings is 1. The molecular weight excluding hydrogens is 246 g/mol. The van der Waals surface area contributed by atoms with Gasteiger partial charge >= 0.3 is 0 Å². The molecule has 5 heteroatoms. The normalized spacial score (nSPS) is 17.9. The summed E-state index contributed by atoms with van der Waals surface area (Å²) < 4.78 is 0. The number of nitrogen functional groups attached to an aromatic ring is 1. The molecule has 0 aliphatic carbocycles. The third kappa shape index (κ3) is 3.23. The zero-order valence-corrected chi connectivity index (χ0v) is 11.8. The van der Waals surface area contributed by atoms with Crippen LogP contribution in [0.4, 0.5) is 5.69 Å². The van der Waals surface area contributed by atoms with Crippen molar-refractivity contribution in [2.45, 2.75) is 32.7 Å². The molecule has 1 saturated heterocycles. The Labute approximate surface area is 112 Å². The molecule has 1 unspecified atom stereocenters. The molecule has 0 saturated carbocycles. The van der Waals surface area contributed by atoms with Crippen molar-refractivity contribution in [3.8, 4) is 0 Å². The van der Waals surface area contributed by atoms with E-state index in [1.807, 2.05) is 6.92 Å². The number of rotatable bonds is 4. The Hall–Kier alpha value is -1.07. The quantitative estimate of drug-likeness (QED) is 0.875. The van der Waals surface area contributed by atoms with Gasteiger partial charge in [-0.25, -0.2) is 0 Å². The SMILES string of the molecule is Cc1sc(C(=O)NC(C)CN2CCCC2)cc1N. The molecule has 18 heavy (non-hydrogen) atoms. The van der Waals surface area contributed by atoms with Gasteiger partial charge in [-0.2, -0.15) is 0 Å². The van der Waals surface area contributed by atoms with Gasteiger partial charge in [0.2, 0.25) is 0 Å². The number of nitrogens with zero attached hydrogens (tertiary/aromatic N) is 1. The lowest BCUT2D eigenvalue weighted by Crippen LogP contribution is -2.40. The fraction of sp³-hybridized carbons (Fsp3) is 0.615. The van der Waals surface area contributed by atoms with Crippen LogP contribution in [0.1, 0.15) is 34.3 Å². The summed E-state index contributed by atoms with van der Waals surface area (Å²) in [5, 5.41) is 3.04. The number of carbonyl (C=O) groups is 1. The van der Waals surface area contributed by atoms with E-state index in [1.165, 1.54) is 24.2 Å². The molecule has 1 fully saturated rings. The minimum Gasteiger partial charge on any atom is -0.398 e. The maximum absolute atomic E-state index is 12.0. The highest BCUT2D eigenvalue weighted by atomic mass is 32.1. The third-order valence-corrected chi connectivity index (χ3v) is 4.35. The molecular formula is C13H21N3OS. The Kier molecular flexibility index (Phi) is 4.24. The Morgan fingerprint density at radius 3 is 2.78 bits per heavy atom. The molecule has 100 valence electrons.